The fourth-order valence-electron chi connectivity index (χ4n) is 5.13. The van der Waals surface area contributed by atoms with Gasteiger partial charge in [0.25, 0.3) is 0 Å². The number of hydrogen-bond donors (Lipinski definition) is 1. The van der Waals surface area contributed by atoms with Gasteiger partial charge in [0, 0.05) is 48.2 Å². The fourth-order valence-corrected chi connectivity index (χ4v) is 6.44. The van der Waals surface area contributed by atoms with Gasteiger partial charge in [-0.2, -0.15) is 5.26 Å². The summed E-state index contributed by atoms with van der Waals surface area (Å²) < 4.78 is 5.35. The standard InChI is InChI=1S/C24H24N4O2S/c1-24(2)17-10-19(28-7-5-27(6-8-28)15-12-30-13-15)31-22(17)21(29)20-16-4-3-14(11-25)9-18(16)26-23(20)24/h3-4,9-10,15,26H,5-8,12-13H2,1-2H3. The molecule has 2 fully saturated rings. The maximum absolute atomic E-state index is 13.6. The Morgan fingerprint density at radius 1 is 1.19 bits per heavy atom. The number of ketones is 1. The fraction of sp³-hybridized carbons (Fsp3) is 0.417. The molecule has 3 aromatic rings. The van der Waals surface area contributed by atoms with Crippen LogP contribution in [0.2, 0.25) is 0 Å². The average molecular weight is 433 g/mol. The summed E-state index contributed by atoms with van der Waals surface area (Å²) >= 11 is 1.63. The number of piperazine rings is 1. The highest BCUT2D eigenvalue weighted by atomic mass is 32.1. The van der Waals surface area contributed by atoms with Crippen LogP contribution in [0.5, 0.6) is 0 Å². The summed E-state index contributed by atoms with van der Waals surface area (Å²) in [5, 5.41) is 11.3. The Bertz CT molecular complexity index is 1250. The van der Waals surface area contributed by atoms with Crippen LogP contribution in [0.4, 0.5) is 5.00 Å². The lowest BCUT2D eigenvalue weighted by molar-refractivity contribution is -0.0660. The number of ether oxygens (including phenoxy) is 1. The normalized spacial score (nSPS) is 20.9. The molecule has 0 atom stereocenters. The molecule has 7 heteroatoms. The molecule has 2 saturated heterocycles. The molecule has 2 aliphatic heterocycles. The maximum atomic E-state index is 13.6. The van der Waals surface area contributed by atoms with Crippen molar-refractivity contribution in [3.63, 3.8) is 0 Å². The van der Waals surface area contributed by atoms with E-state index in [4.69, 9.17) is 4.74 Å². The van der Waals surface area contributed by atoms with E-state index in [9.17, 15) is 10.1 Å². The van der Waals surface area contributed by atoms with Crippen molar-refractivity contribution in [2.75, 3.05) is 44.3 Å². The second-order valence-electron chi connectivity index (χ2n) is 9.24. The summed E-state index contributed by atoms with van der Waals surface area (Å²) in [5.41, 5.74) is 3.98. The molecule has 0 unspecified atom stereocenters. The summed E-state index contributed by atoms with van der Waals surface area (Å²) in [6, 6.07) is 10.5. The number of aromatic nitrogens is 1. The summed E-state index contributed by atoms with van der Waals surface area (Å²) in [7, 11) is 0. The molecule has 31 heavy (non-hydrogen) atoms. The van der Waals surface area contributed by atoms with Gasteiger partial charge in [-0.15, -0.1) is 11.3 Å². The van der Waals surface area contributed by atoms with Crippen LogP contribution in [0, 0.1) is 11.3 Å². The molecule has 6 nitrogen and oxygen atoms in total. The number of benzene rings is 1. The topological polar surface area (TPSA) is 72.4 Å². The third-order valence-corrected chi connectivity index (χ3v) is 8.34. The number of thiophene rings is 1. The first-order chi connectivity index (χ1) is 15.0. The molecule has 0 bridgehead atoms. The summed E-state index contributed by atoms with van der Waals surface area (Å²) in [4.78, 5) is 22.9. The molecule has 1 aromatic carbocycles. The smallest absolute Gasteiger partial charge is 0.205 e. The maximum Gasteiger partial charge on any atom is 0.205 e. The minimum absolute atomic E-state index is 0.0989. The van der Waals surface area contributed by atoms with Gasteiger partial charge in [-0.25, -0.2) is 0 Å². The number of nitriles is 1. The van der Waals surface area contributed by atoms with Gasteiger partial charge in [-0.3, -0.25) is 9.69 Å². The molecule has 4 heterocycles. The number of rotatable bonds is 2. The molecule has 0 radical (unpaired) electrons. The zero-order valence-electron chi connectivity index (χ0n) is 17.7. The monoisotopic (exact) mass is 432 g/mol. The predicted molar refractivity (Wildman–Crippen MR) is 121 cm³/mol. The Labute approximate surface area is 185 Å². The first-order valence-corrected chi connectivity index (χ1v) is 11.6. The van der Waals surface area contributed by atoms with E-state index in [1.54, 1.807) is 17.4 Å². The molecule has 1 aliphatic carbocycles. The van der Waals surface area contributed by atoms with Crippen LogP contribution in [0.3, 0.4) is 0 Å². The first kappa shape index (κ1) is 19.1. The molecule has 3 aliphatic rings. The Balaban J connectivity index is 1.36. The third-order valence-electron chi connectivity index (χ3n) is 7.14. The molecule has 1 N–H and O–H groups in total. The van der Waals surface area contributed by atoms with Crippen LogP contribution in [0.15, 0.2) is 24.3 Å². The van der Waals surface area contributed by atoms with Crippen LogP contribution in [-0.2, 0) is 10.2 Å². The van der Waals surface area contributed by atoms with Crippen LogP contribution in [0.1, 0.15) is 45.9 Å². The van der Waals surface area contributed by atoms with Gasteiger partial charge in [-0.1, -0.05) is 19.9 Å². The van der Waals surface area contributed by atoms with Crippen LogP contribution < -0.4 is 4.90 Å². The molecule has 2 aromatic heterocycles. The second-order valence-corrected chi connectivity index (χ2v) is 10.3. The zero-order chi connectivity index (χ0) is 21.3. The van der Waals surface area contributed by atoms with Gasteiger partial charge in [0.15, 0.2) is 0 Å². The summed E-state index contributed by atoms with van der Waals surface area (Å²) in [5.74, 6) is 0.0989. The Kier molecular flexibility index (Phi) is 4.10. The highest BCUT2D eigenvalue weighted by molar-refractivity contribution is 7.18. The van der Waals surface area contributed by atoms with Crippen molar-refractivity contribution < 1.29 is 9.53 Å². The van der Waals surface area contributed by atoms with Crippen molar-refractivity contribution in [1.29, 1.82) is 5.26 Å². The third kappa shape index (κ3) is 2.72. The summed E-state index contributed by atoms with van der Waals surface area (Å²) in [6.45, 7) is 10.1. The number of carbonyl (C=O) groups excluding carboxylic acids is 1. The minimum Gasteiger partial charge on any atom is -0.378 e. The average Bonchev–Trinajstić information content (AvgIpc) is 3.35. The van der Waals surface area contributed by atoms with Gasteiger partial charge < -0.3 is 14.6 Å². The van der Waals surface area contributed by atoms with E-state index >= 15 is 0 Å². The van der Waals surface area contributed by atoms with E-state index in [-0.39, 0.29) is 11.2 Å². The predicted octanol–water partition coefficient (Wildman–Crippen LogP) is 3.49. The SMILES string of the molecule is CC1(C)c2cc(N3CCN(C4COC4)CC3)sc2C(=O)c2c1[nH]c1cc(C#N)ccc21. The van der Waals surface area contributed by atoms with E-state index in [0.717, 1.165) is 72.0 Å². The molecule has 0 spiro atoms. The van der Waals surface area contributed by atoms with Crippen molar-refractivity contribution in [2.45, 2.75) is 25.3 Å². The van der Waals surface area contributed by atoms with E-state index in [2.05, 4.69) is 40.8 Å². The molecular formula is C24H24N4O2S. The number of hydrogen-bond acceptors (Lipinski definition) is 6. The number of H-pyrrole nitrogens is 1. The number of nitrogens with zero attached hydrogens (tertiary/aromatic N) is 3. The molecule has 0 saturated carbocycles. The van der Waals surface area contributed by atoms with Crippen LogP contribution in [0.25, 0.3) is 10.9 Å². The molecule has 6 rings (SSSR count). The van der Waals surface area contributed by atoms with Crippen molar-refractivity contribution in [3.05, 3.63) is 51.5 Å². The lowest BCUT2D eigenvalue weighted by Crippen LogP contribution is -2.56. The van der Waals surface area contributed by atoms with E-state index in [1.165, 1.54) is 5.00 Å². The number of nitrogens with one attached hydrogen (secondary N) is 1. The Hall–Kier alpha value is -2.66. The lowest BCUT2D eigenvalue weighted by Gasteiger charge is -2.42. The number of fused-ring (bicyclic) bond motifs is 4. The summed E-state index contributed by atoms with van der Waals surface area (Å²) in [6.07, 6.45) is 0. The quantitative estimate of drug-likeness (QED) is 0.671. The molecule has 0 amide bonds. The van der Waals surface area contributed by atoms with Gasteiger partial charge >= 0.3 is 0 Å². The van der Waals surface area contributed by atoms with Crippen molar-refractivity contribution >= 4 is 33.0 Å². The first-order valence-electron chi connectivity index (χ1n) is 10.8. The van der Waals surface area contributed by atoms with E-state index < -0.39 is 0 Å². The Morgan fingerprint density at radius 2 is 1.97 bits per heavy atom. The zero-order valence-corrected chi connectivity index (χ0v) is 18.5. The van der Waals surface area contributed by atoms with Crippen LogP contribution in [-0.4, -0.2) is 61.1 Å². The van der Waals surface area contributed by atoms with E-state index in [0.29, 0.717) is 11.6 Å². The van der Waals surface area contributed by atoms with Crippen molar-refractivity contribution in [3.8, 4) is 6.07 Å². The number of aromatic amines is 1. The van der Waals surface area contributed by atoms with Crippen molar-refractivity contribution in [1.82, 2.24) is 9.88 Å². The van der Waals surface area contributed by atoms with E-state index in [1.807, 2.05) is 12.1 Å². The van der Waals surface area contributed by atoms with Gasteiger partial charge in [0.05, 0.1) is 46.3 Å². The largest absolute Gasteiger partial charge is 0.378 e. The minimum atomic E-state index is -0.301. The second kappa shape index (κ2) is 6.67. The van der Waals surface area contributed by atoms with Gasteiger partial charge in [0.1, 0.15) is 0 Å². The van der Waals surface area contributed by atoms with Gasteiger partial charge in [0.2, 0.25) is 5.78 Å². The number of carbonyl (C=O) groups is 1. The van der Waals surface area contributed by atoms with Gasteiger partial charge in [-0.05, 0) is 23.8 Å². The van der Waals surface area contributed by atoms with Crippen molar-refractivity contribution in [2.24, 2.45) is 0 Å². The molecule has 158 valence electrons. The highest BCUT2D eigenvalue weighted by Crippen LogP contribution is 2.48. The van der Waals surface area contributed by atoms with Crippen LogP contribution >= 0.6 is 11.3 Å². The lowest BCUT2D eigenvalue weighted by atomic mass is 9.74. The number of anilines is 1. The highest BCUT2D eigenvalue weighted by Gasteiger charge is 2.42. The Morgan fingerprint density at radius 3 is 2.65 bits per heavy atom. The molecular weight excluding hydrogens is 408 g/mol.